The maximum Gasteiger partial charge on any atom is 0.317 e. The Morgan fingerprint density at radius 3 is 1.50 bits per heavy atom. The molecule has 0 unspecified atom stereocenters. The molecule has 1 aliphatic heterocycles. The zero-order valence-corrected chi connectivity index (χ0v) is 40.9. The normalized spacial score (nSPS) is 15.3. The van der Waals surface area contributed by atoms with Gasteiger partial charge in [-0.3, -0.25) is 62.8 Å². The number of carboxylic acids is 4. The lowest BCUT2D eigenvalue weighted by Crippen LogP contribution is -2.54. The Kier molecular flexibility index (Phi) is 28.5. The molecular weight excluding hydrogens is 949 g/mol. The van der Waals surface area contributed by atoms with Crippen molar-refractivity contribution in [3.8, 4) is 0 Å². The van der Waals surface area contributed by atoms with E-state index in [1.165, 1.54) is 7.05 Å². The van der Waals surface area contributed by atoms with Gasteiger partial charge in [-0.1, -0.05) is 18.2 Å². The van der Waals surface area contributed by atoms with Crippen LogP contribution < -0.4 is 26.6 Å². The summed E-state index contributed by atoms with van der Waals surface area (Å²) in [5.41, 5.74) is 1.59. The molecule has 2 aromatic rings. The predicted octanol–water partition coefficient (Wildman–Crippen LogP) is -2.78. The number of benzene rings is 1. The number of carbonyl (C=O) groups is 9. The third kappa shape index (κ3) is 25.7. The third-order valence-electron chi connectivity index (χ3n) is 11.3. The lowest BCUT2D eigenvalue weighted by molar-refractivity contribution is -0.141. The van der Waals surface area contributed by atoms with Crippen molar-refractivity contribution in [1.29, 1.82) is 0 Å². The van der Waals surface area contributed by atoms with Gasteiger partial charge in [0, 0.05) is 122 Å². The van der Waals surface area contributed by atoms with Gasteiger partial charge in [0.15, 0.2) is 0 Å². The molecule has 0 spiro atoms. The number of aromatic nitrogens is 1. The van der Waals surface area contributed by atoms with Gasteiger partial charge in [-0.15, -0.1) is 0 Å². The number of ether oxygens (including phenoxy) is 3. The first-order valence-corrected chi connectivity index (χ1v) is 23.9. The van der Waals surface area contributed by atoms with E-state index in [1.54, 1.807) is 20.9 Å². The van der Waals surface area contributed by atoms with Crippen LogP contribution in [-0.2, 0) is 63.8 Å². The Bertz CT molecular complexity index is 2020. The second-order valence-electron chi connectivity index (χ2n) is 17.0. The van der Waals surface area contributed by atoms with Gasteiger partial charge in [0.05, 0.1) is 59.0 Å². The minimum atomic E-state index is -1.49. The summed E-state index contributed by atoms with van der Waals surface area (Å²) in [7, 11) is 1.41. The molecule has 0 radical (unpaired) electrons. The maximum absolute atomic E-state index is 13.2. The number of carboxylic acid groups (broad SMARTS) is 4. The van der Waals surface area contributed by atoms with Crippen LogP contribution in [0, 0.1) is 0 Å². The number of hydrogen-bond donors (Lipinski definition) is 10. The van der Waals surface area contributed by atoms with Crippen molar-refractivity contribution in [2.45, 2.75) is 50.6 Å². The molecule has 10 N–H and O–H groups in total. The average molecular weight is 1020 g/mol. The number of carbonyl (C=O) groups excluding carboxylic acids is 5. The number of fused-ring (bicyclic) bond motifs is 1. The van der Waals surface area contributed by atoms with Crippen molar-refractivity contribution in [3.63, 3.8) is 0 Å². The van der Waals surface area contributed by atoms with Crippen molar-refractivity contribution in [2.75, 3.05) is 138 Å². The van der Waals surface area contributed by atoms with Gasteiger partial charge in [-0.2, -0.15) is 0 Å². The highest BCUT2D eigenvalue weighted by Gasteiger charge is 2.29. The molecule has 26 heteroatoms. The lowest BCUT2D eigenvalue weighted by atomic mass is 10.0. The van der Waals surface area contributed by atoms with E-state index >= 15 is 0 Å². The van der Waals surface area contributed by atoms with E-state index in [1.807, 2.05) is 29.2 Å². The van der Waals surface area contributed by atoms with Gasteiger partial charge in [0.2, 0.25) is 29.5 Å². The van der Waals surface area contributed by atoms with Crippen molar-refractivity contribution >= 4 is 64.3 Å². The number of aliphatic carboxylic acids is 4. The second kappa shape index (κ2) is 34.1. The van der Waals surface area contributed by atoms with E-state index in [0.29, 0.717) is 85.2 Å². The van der Waals surface area contributed by atoms with Crippen LogP contribution in [-0.4, -0.2) is 249 Å². The van der Waals surface area contributed by atoms with Crippen molar-refractivity contribution in [1.82, 2.24) is 51.2 Å². The summed E-state index contributed by atoms with van der Waals surface area (Å²) >= 11 is 0. The molecule has 0 saturated carbocycles. The third-order valence-corrected chi connectivity index (χ3v) is 11.3. The highest BCUT2D eigenvalue weighted by atomic mass is 16.5. The zero-order chi connectivity index (χ0) is 52.7. The molecule has 1 fully saturated rings. The molecule has 0 aliphatic carbocycles. The van der Waals surface area contributed by atoms with Crippen LogP contribution >= 0.6 is 0 Å². The summed E-state index contributed by atoms with van der Waals surface area (Å²) in [4.78, 5) is 120. The average Bonchev–Trinajstić information content (AvgIpc) is 3.73. The fraction of sp³-hybridized carbons (Fsp3) is 0.630. The Labute approximate surface area is 417 Å². The van der Waals surface area contributed by atoms with E-state index in [-0.39, 0.29) is 84.1 Å². The van der Waals surface area contributed by atoms with Crippen LogP contribution in [0.1, 0.15) is 37.7 Å². The van der Waals surface area contributed by atoms with E-state index in [9.17, 15) is 63.6 Å². The number of nitrogens with one attached hydrogen (secondary N) is 6. The van der Waals surface area contributed by atoms with Gasteiger partial charge in [-0.05, 0) is 24.5 Å². The number of hydrogen-bond acceptors (Lipinski definition) is 16. The smallest absolute Gasteiger partial charge is 0.317 e. The fourth-order valence-corrected chi connectivity index (χ4v) is 7.53. The topological polar surface area (TPSA) is 351 Å². The Morgan fingerprint density at radius 1 is 0.556 bits per heavy atom. The van der Waals surface area contributed by atoms with Crippen LogP contribution in [0.15, 0.2) is 30.5 Å². The molecule has 3 rings (SSSR count). The van der Waals surface area contributed by atoms with Crippen molar-refractivity contribution in [2.24, 2.45) is 0 Å². The summed E-state index contributed by atoms with van der Waals surface area (Å²) in [5.74, 6) is -7.22. The molecule has 0 bridgehead atoms. The van der Waals surface area contributed by atoms with Gasteiger partial charge < -0.3 is 66.2 Å². The first kappa shape index (κ1) is 60.0. The molecular formula is C46H72N10O16. The van der Waals surface area contributed by atoms with E-state index in [2.05, 4.69) is 31.6 Å². The molecule has 1 aromatic carbocycles. The Balaban J connectivity index is 1.23. The second-order valence-corrected chi connectivity index (χ2v) is 17.0. The molecule has 5 amide bonds. The van der Waals surface area contributed by atoms with E-state index in [4.69, 9.17) is 14.2 Å². The van der Waals surface area contributed by atoms with Gasteiger partial charge in [0.25, 0.3) is 0 Å². The first-order valence-electron chi connectivity index (χ1n) is 23.9. The first-order chi connectivity index (χ1) is 34.5. The predicted molar refractivity (Wildman–Crippen MR) is 258 cm³/mol. The molecule has 402 valence electrons. The molecule has 72 heavy (non-hydrogen) atoms. The van der Waals surface area contributed by atoms with Crippen LogP contribution in [0.2, 0.25) is 0 Å². The standard InChI is InChI=1S/C46H72N10O16/c1-47-45(68)36(26-33-28-50-35-7-3-2-6-34(33)35)52-46(69)37(27-41(60)61)51-39(58)9-8-38(57)48-10-4-20-70-22-24-72-25-23-71-21-5-11-49-40(59)29-53-12-14-54(30-42(62)63)16-18-56(32-44(66)67)19-17-55(15-13-53)31-43(64)65/h2-3,6-7,28,36-37,50H,4-5,8-27,29-32H2,1H3,(H,47,68)(H,48,57)(H,49,59)(H,51,58)(H,52,69)(H,60,61)(H,62,63)(H,64,65)(H,66,67)/t36-,37+/m0/s1. The van der Waals surface area contributed by atoms with Crippen LogP contribution in [0.4, 0.5) is 0 Å². The summed E-state index contributed by atoms with van der Waals surface area (Å²) in [6, 6.07) is 4.85. The van der Waals surface area contributed by atoms with Crippen molar-refractivity contribution in [3.05, 3.63) is 36.0 Å². The summed E-state index contributed by atoms with van der Waals surface area (Å²) in [6.45, 7) is 4.21. The fourth-order valence-electron chi connectivity index (χ4n) is 7.53. The number of rotatable bonds is 33. The number of likely N-dealkylation sites (N-methyl/N-ethyl adjacent to an activating group) is 1. The highest BCUT2D eigenvalue weighted by molar-refractivity contribution is 5.95. The quantitative estimate of drug-likeness (QED) is 0.0323. The van der Waals surface area contributed by atoms with Crippen LogP contribution in [0.5, 0.6) is 0 Å². The Hall–Kier alpha value is -6.29. The van der Waals surface area contributed by atoms with Crippen LogP contribution in [0.3, 0.4) is 0 Å². The van der Waals surface area contributed by atoms with E-state index < -0.39 is 66.0 Å². The van der Waals surface area contributed by atoms with Crippen molar-refractivity contribution < 1.29 is 77.8 Å². The SMILES string of the molecule is CNC(=O)[C@H](Cc1c[nH]c2ccccc12)NC(=O)[C@@H](CC(=O)O)NC(=O)CCC(=O)NCCCOCCOCCOCCCNC(=O)CN1CCN(CC(=O)O)CCN(CC(=O)O)CCN(CC(=O)O)CC1. The number of amides is 5. The number of para-hydroxylation sites is 1. The number of H-pyrrole nitrogens is 1. The lowest BCUT2D eigenvalue weighted by Gasteiger charge is -2.32. The van der Waals surface area contributed by atoms with Crippen LogP contribution in [0.25, 0.3) is 10.9 Å². The minimum absolute atomic E-state index is 0.0153. The monoisotopic (exact) mass is 1020 g/mol. The Morgan fingerprint density at radius 2 is 1.01 bits per heavy atom. The number of nitrogens with zero attached hydrogens (tertiary/aromatic N) is 4. The molecule has 1 saturated heterocycles. The highest BCUT2D eigenvalue weighted by Crippen LogP contribution is 2.19. The van der Waals surface area contributed by atoms with Gasteiger partial charge >= 0.3 is 23.9 Å². The molecule has 1 aliphatic rings. The maximum atomic E-state index is 13.2. The molecule has 2 heterocycles. The minimum Gasteiger partial charge on any atom is -0.481 e. The molecule has 26 nitrogen and oxygen atoms in total. The summed E-state index contributed by atoms with van der Waals surface area (Å²) in [6.07, 6.45) is 1.57. The van der Waals surface area contributed by atoms with Gasteiger partial charge in [0.1, 0.15) is 12.1 Å². The summed E-state index contributed by atoms with van der Waals surface area (Å²) < 4.78 is 16.6. The van der Waals surface area contributed by atoms with E-state index in [0.717, 1.165) is 16.5 Å². The zero-order valence-electron chi connectivity index (χ0n) is 40.9. The number of aromatic amines is 1. The molecule has 2 atom stereocenters. The largest absolute Gasteiger partial charge is 0.481 e. The van der Waals surface area contributed by atoms with Gasteiger partial charge in [-0.25, -0.2) is 0 Å². The summed E-state index contributed by atoms with van der Waals surface area (Å²) in [5, 5.41) is 51.4. The molecule has 1 aromatic heterocycles.